The lowest BCUT2D eigenvalue weighted by Crippen LogP contribution is -2.37. The number of carboxylic acid groups (broad SMARTS) is 1. The number of aromatic carboxylic acids is 1. The predicted molar refractivity (Wildman–Crippen MR) is 118 cm³/mol. The van der Waals surface area contributed by atoms with Crippen molar-refractivity contribution in [2.75, 3.05) is 0 Å². The molecule has 160 valence electrons. The van der Waals surface area contributed by atoms with Crippen LogP contribution < -0.4 is 4.57 Å². The molecule has 0 atom stereocenters. The highest BCUT2D eigenvalue weighted by atomic mass is 16.4. The van der Waals surface area contributed by atoms with Crippen molar-refractivity contribution in [3.63, 3.8) is 0 Å². The van der Waals surface area contributed by atoms with E-state index in [1.807, 2.05) is 12.1 Å². The zero-order valence-electron chi connectivity index (χ0n) is 18.6. The molecule has 0 spiro atoms. The zero-order valence-corrected chi connectivity index (χ0v) is 18.6. The predicted octanol–water partition coefficient (Wildman–Crippen LogP) is 5.83. The lowest BCUT2D eigenvalue weighted by Gasteiger charge is -2.05. The maximum absolute atomic E-state index is 11.0. The summed E-state index contributed by atoms with van der Waals surface area (Å²) in [4.78, 5) is 11.0. The molecule has 0 bridgehead atoms. The summed E-state index contributed by atoms with van der Waals surface area (Å²) in [5.74, 6) is 0.478. The Kier molecular flexibility index (Phi) is 9.96. The molecule has 0 unspecified atom stereocenters. The number of imidazole rings is 1. The standard InChI is InChI=1S/C25H38N2O2/c1-4-5-6-7-8-9-10-11-12-13-14-24-26(3)21(2)19-27(24)20-22-15-17-23(18-16-22)25(28)29/h15-19H,4-14,20H2,1-3H3/p+1. The van der Waals surface area contributed by atoms with Gasteiger partial charge in [0, 0.05) is 13.3 Å². The maximum atomic E-state index is 11.0. The maximum Gasteiger partial charge on any atom is 0.335 e. The summed E-state index contributed by atoms with van der Waals surface area (Å²) in [6.07, 6.45) is 16.8. The number of aryl methyl sites for hydroxylation is 1. The van der Waals surface area contributed by atoms with Gasteiger partial charge in [-0.1, -0.05) is 76.8 Å². The molecule has 0 aliphatic rings. The van der Waals surface area contributed by atoms with E-state index in [1.54, 1.807) is 12.1 Å². The van der Waals surface area contributed by atoms with Crippen molar-refractivity contribution in [2.45, 2.75) is 91.0 Å². The molecule has 0 aliphatic heterocycles. The van der Waals surface area contributed by atoms with Gasteiger partial charge >= 0.3 is 5.97 Å². The first-order valence-electron chi connectivity index (χ1n) is 11.4. The fourth-order valence-electron chi connectivity index (χ4n) is 3.95. The Bertz CT molecular complexity index is 747. The van der Waals surface area contributed by atoms with Crippen LogP contribution in [0.5, 0.6) is 0 Å². The quantitative estimate of drug-likeness (QED) is 0.321. The van der Waals surface area contributed by atoms with E-state index < -0.39 is 5.97 Å². The van der Waals surface area contributed by atoms with Crippen LogP contribution in [0.1, 0.15) is 98.6 Å². The van der Waals surface area contributed by atoms with Gasteiger partial charge in [-0.3, -0.25) is 0 Å². The highest BCUT2D eigenvalue weighted by Gasteiger charge is 2.18. The second kappa shape index (κ2) is 12.5. The molecule has 2 rings (SSSR count). The monoisotopic (exact) mass is 399 g/mol. The molecule has 0 saturated heterocycles. The number of carboxylic acids is 1. The SMILES string of the molecule is CCCCCCCCCCCCc1n(C)c(C)c[n+]1Cc1ccc(C(=O)O)cc1. The van der Waals surface area contributed by atoms with Gasteiger partial charge < -0.3 is 5.11 Å². The van der Waals surface area contributed by atoms with Crippen molar-refractivity contribution in [1.29, 1.82) is 0 Å². The minimum Gasteiger partial charge on any atom is -0.478 e. The van der Waals surface area contributed by atoms with Gasteiger partial charge in [-0.25, -0.2) is 13.9 Å². The van der Waals surface area contributed by atoms with Gasteiger partial charge in [0.05, 0.1) is 12.6 Å². The summed E-state index contributed by atoms with van der Waals surface area (Å²) >= 11 is 0. The number of hydrogen-bond donors (Lipinski definition) is 1. The molecule has 1 aromatic carbocycles. The molecule has 4 heteroatoms. The molecule has 0 fully saturated rings. The van der Waals surface area contributed by atoms with Crippen LogP contribution in [-0.2, 0) is 20.0 Å². The largest absolute Gasteiger partial charge is 0.478 e. The van der Waals surface area contributed by atoms with Crippen LogP contribution in [0.15, 0.2) is 30.5 Å². The summed E-state index contributed by atoms with van der Waals surface area (Å²) < 4.78 is 4.61. The van der Waals surface area contributed by atoms with Crippen LogP contribution in [0.4, 0.5) is 0 Å². The fraction of sp³-hybridized carbons (Fsp3) is 0.600. The van der Waals surface area contributed by atoms with E-state index in [9.17, 15) is 4.79 Å². The molecule has 1 aromatic heterocycles. The van der Waals surface area contributed by atoms with Crippen molar-refractivity contribution in [3.05, 3.63) is 53.1 Å². The molecule has 0 radical (unpaired) electrons. The minimum absolute atomic E-state index is 0.341. The Balaban J connectivity index is 1.78. The molecule has 1 heterocycles. The number of carbonyl (C=O) groups is 1. The molecule has 0 saturated carbocycles. The molecular formula is C25H39N2O2+. The molecule has 0 amide bonds. The number of benzene rings is 1. The molecule has 29 heavy (non-hydrogen) atoms. The molecule has 0 aliphatic carbocycles. The molecule has 1 N–H and O–H groups in total. The number of nitrogens with zero attached hydrogens (tertiary/aromatic N) is 2. The first-order chi connectivity index (χ1) is 14.0. The Morgan fingerprint density at radius 3 is 2.03 bits per heavy atom. The van der Waals surface area contributed by atoms with E-state index in [0.29, 0.717) is 5.56 Å². The summed E-state index contributed by atoms with van der Waals surface area (Å²) in [5.41, 5.74) is 2.73. The average Bonchev–Trinajstić information content (AvgIpc) is 2.97. The highest BCUT2D eigenvalue weighted by Crippen LogP contribution is 2.13. The van der Waals surface area contributed by atoms with Gasteiger partial charge in [-0.05, 0) is 24.1 Å². The molecule has 2 aromatic rings. The molecule has 4 nitrogen and oxygen atoms in total. The second-order valence-corrected chi connectivity index (χ2v) is 8.31. The van der Waals surface area contributed by atoms with Gasteiger partial charge in [0.15, 0.2) is 0 Å². The normalized spacial score (nSPS) is 11.1. The molecular weight excluding hydrogens is 360 g/mol. The van der Waals surface area contributed by atoms with Crippen LogP contribution in [0, 0.1) is 6.92 Å². The smallest absolute Gasteiger partial charge is 0.335 e. The van der Waals surface area contributed by atoms with Crippen molar-refractivity contribution in [2.24, 2.45) is 7.05 Å². The van der Waals surface area contributed by atoms with E-state index in [2.05, 4.69) is 36.2 Å². The Hall–Kier alpha value is -2.10. The van der Waals surface area contributed by atoms with Gasteiger partial charge in [0.1, 0.15) is 18.4 Å². The Morgan fingerprint density at radius 1 is 0.931 bits per heavy atom. The van der Waals surface area contributed by atoms with E-state index in [-0.39, 0.29) is 0 Å². The first-order valence-corrected chi connectivity index (χ1v) is 11.4. The van der Waals surface area contributed by atoms with Crippen LogP contribution in [0.3, 0.4) is 0 Å². The Labute approximate surface area is 176 Å². The van der Waals surface area contributed by atoms with Crippen LogP contribution in [0.2, 0.25) is 0 Å². The summed E-state index contributed by atoms with van der Waals surface area (Å²) in [6.45, 7) is 5.20. The minimum atomic E-state index is -0.874. The number of hydrogen-bond acceptors (Lipinski definition) is 1. The third-order valence-electron chi connectivity index (χ3n) is 5.90. The Morgan fingerprint density at radius 2 is 1.48 bits per heavy atom. The van der Waals surface area contributed by atoms with Gasteiger partial charge in [0.25, 0.3) is 5.82 Å². The van der Waals surface area contributed by atoms with E-state index in [1.165, 1.54) is 75.7 Å². The van der Waals surface area contributed by atoms with Crippen molar-refractivity contribution in [1.82, 2.24) is 4.57 Å². The number of unbranched alkanes of at least 4 members (excludes halogenated alkanes) is 9. The van der Waals surface area contributed by atoms with Crippen LogP contribution >= 0.6 is 0 Å². The summed E-state index contributed by atoms with van der Waals surface area (Å²) in [7, 11) is 2.14. The summed E-state index contributed by atoms with van der Waals surface area (Å²) in [6, 6.07) is 7.22. The zero-order chi connectivity index (χ0) is 21.1. The van der Waals surface area contributed by atoms with Gasteiger partial charge in [0.2, 0.25) is 0 Å². The van der Waals surface area contributed by atoms with Crippen LogP contribution in [-0.4, -0.2) is 15.6 Å². The highest BCUT2D eigenvalue weighted by molar-refractivity contribution is 5.87. The topological polar surface area (TPSA) is 46.1 Å². The van der Waals surface area contributed by atoms with Gasteiger partial charge in [-0.15, -0.1) is 0 Å². The lowest BCUT2D eigenvalue weighted by atomic mass is 10.1. The number of rotatable bonds is 14. The van der Waals surface area contributed by atoms with Gasteiger partial charge in [-0.2, -0.15) is 0 Å². The third kappa shape index (κ3) is 7.68. The van der Waals surface area contributed by atoms with E-state index in [0.717, 1.165) is 18.5 Å². The summed E-state index contributed by atoms with van der Waals surface area (Å²) in [5, 5.41) is 9.06. The second-order valence-electron chi connectivity index (χ2n) is 8.31. The lowest BCUT2D eigenvalue weighted by molar-refractivity contribution is -0.695. The van der Waals surface area contributed by atoms with Crippen molar-refractivity contribution >= 4 is 5.97 Å². The number of aromatic nitrogens is 2. The third-order valence-corrected chi connectivity index (χ3v) is 5.90. The van der Waals surface area contributed by atoms with E-state index >= 15 is 0 Å². The first kappa shape index (κ1) is 23.2. The average molecular weight is 400 g/mol. The fourth-order valence-corrected chi connectivity index (χ4v) is 3.95. The van der Waals surface area contributed by atoms with Crippen molar-refractivity contribution < 1.29 is 14.5 Å². The van der Waals surface area contributed by atoms with Crippen molar-refractivity contribution in [3.8, 4) is 0 Å². The van der Waals surface area contributed by atoms with E-state index in [4.69, 9.17) is 5.11 Å². The van der Waals surface area contributed by atoms with Crippen LogP contribution in [0.25, 0.3) is 0 Å².